The van der Waals surface area contributed by atoms with E-state index in [4.69, 9.17) is 16.3 Å². The van der Waals surface area contributed by atoms with Gasteiger partial charge in [0.1, 0.15) is 22.4 Å². The first kappa shape index (κ1) is 35.0. The summed E-state index contributed by atoms with van der Waals surface area (Å²) in [4.78, 5) is 48.2. The molecular formula is C30H29ClF6N4O4S2. The van der Waals surface area contributed by atoms with Crippen LogP contribution in [0.1, 0.15) is 70.0 Å². The Bertz CT molecular complexity index is 1660. The number of hydrogen-bond donors (Lipinski definition) is 1. The fourth-order valence-corrected chi connectivity index (χ4v) is 8.29. The van der Waals surface area contributed by atoms with Gasteiger partial charge < -0.3 is 19.9 Å². The van der Waals surface area contributed by atoms with Gasteiger partial charge >= 0.3 is 12.4 Å². The highest BCUT2D eigenvalue weighted by Gasteiger charge is 2.57. The Morgan fingerprint density at radius 2 is 1.87 bits per heavy atom. The molecule has 0 radical (unpaired) electrons. The summed E-state index contributed by atoms with van der Waals surface area (Å²) in [5.41, 5.74) is -3.75. The standard InChI is InChI=1S/C30H29ClF6N4O4S2/c1-3-6-20-28(45-16-13-21(46-15-16)30(35,36)37,9-5-11-40(20)26(43)23-18(29(32,33)34)7-4-10-39-23)27(44)41-12-8-19-17(14-22(31)47-19)24(41)25(42)38-2/h4,7,10,13-15,20,24H,3,5-6,8-9,11-12H2,1-2H3,(H,38,42)/t20-,24?,28-/m1/s1. The minimum atomic E-state index is -4.92. The number of amides is 3. The maximum Gasteiger partial charge on any atom is 0.425 e. The van der Waals surface area contributed by atoms with Crippen LogP contribution < -0.4 is 10.1 Å². The fraction of sp³-hybridized carbons (Fsp3) is 0.467. The zero-order valence-electron chi connectivity index (χ0n) is 25.0. The average molecular weight is 723 g/mol. The van der Waals surface area contributed by atoms with Crippen LogP contribution in [0.15, 0.2) is 35.8 Å². The first-order chi connectivity index (χ1) is 22.1. The Balaban J connectivity index is 1.65. The molecule has 17 heteroatoms. The monoisotopic (exact) mass is 722 g/mol. The van der Waals surface area contributed by atoms with Crippen LogP contribution in [-0.2, 0) is 28.4 Å². The lowest BCUT2D eigenvalue weighted by atomic mass is 9.79. The van der Waals surface area contributed by atoms with E-state index in [0.717, 1.165) is 39.6 Å². The summed E-state index contributed by atoms with van der Waals surface area (Å²) in [6.45, 7) is 1.67. The summed E-state index contributed by atoms with van der Waals surface area (Å²) in [5.74, 6) is -2.75. The normalized spacial score (nSPS) is 21.7. The summed E-state index contributed by atoms with van der Waals surface area (Å²) >= 11 is 7.87. The van der Waals surface area contributed by atoms with Crippen LogP contribution in [-0.4, -0.2) is 64.3 Å². The number of carbonyl (C=O) groups excluding carboxylic acids is 3. The number of aromatic nitrogens is 1. The van der Waals surface area contributed by atoms with E-state index in [9.17, 15) is 40.7 Å². The third-order valence-electron chi connectivity index (χ3n) is 8.27. The van der Waals surface area contributed by atoms with E-state index >= 15 is 0 Å². The summed E-state index contributed by atoms with van der Waals surface area (Å²) < 4.78 is 89.4. The number of fused-ring (bicyclic) bond motifs is 1. The van der Waals surface area contributed by atoms with Gasteiger partial charge in [-0.05, 0) is 43.0 Å². The molecule has 3 aromatic rings. The highest BCUT2D eigenvalue weighted by Crippen LogP contribution is 2.45. The van der Waals surface area contributed by atoms with Crippen molar-refractivity contribution in [2.45, 2.75) is 69.1 Å². The quantitative estimate of drug-likeness (QED) is 0.266. The second kappa shape index (κ2) is 13.3. The number of thiophene rings is 2. The number of halogens is 7. The Hall–Kier alpha value is -3.37. The first-order valence-electron chi connectivity index (χ1n) is 14.6. The van der Waals surface area contributed by atoms with Crippen molar-refractivity contribution in [1.82, 2.24) is 20.1 Å². The lowest BCUT2D eigenvalue weighted by molar-refractivity contribution is -0.164. The van der Waals surface area contributed by atoms with E-state index in [-0.39, 0.29) is 38.1 Å². The largest absolute Gasteiger partial charge is 0.474 e. The molecule has 0 saturated carbocycles. The molecule has 8 nitrogen and oxygen atoms in total. The first-order valence-corrected chi connectivity index (χ1v) is 16.7. The van der Waals surface area contributed by atoms with Gasteiger partial charge in [0.2, 0.25) is 11.5 Å². The molecule has 5 rings (SSSR count). The lowest BCUT2D eigenvalue weighted by Crippen LogP contribution is -2.69. The fourth-order valence-electron chi connectivity index (χ4n) is 6.31. The third-order valence-corrected chi connectivity index (χ3v) is 10.6. The molecule has 0 aromatic carbocycles. The second-order valence-electron chi connectivity index (χ2n) is 11.1. The highest BCUT2D eigenvalue weighted by atomic mass is 35.5. The molecule has 0 spiro atoms. The SMILES string of the molecule is CCC[C@H]1N(C(=O)c2ncccc2C(F)(F)F)CCC[C@]1(Oc1csc(C(F)(F)F)c1)C(=O)N1CCc2sc(Cl)cc2C1C(=O)NC. The van der Waals surface area contributed by atoms with Crippen molar-refractivity contribution < 1.29 is 45.5 Å². The smallest absolute Gasteiger partial charge is 0.425 e. The molecule has 3 atom stereocenters. The van der Waals surface area contributed by atoms with E-state index < -0.39 is 63.9 Å². The molecule has 254 valence electrons. The van der Waals surface area contributed by atoms with Gasteiger partial charge in [-0.1, -0.05) is 24.9 Å². The van der Waals surface area contributed by atoms with Gasteiger partial charge in [-0.3, -0.25) is 19.4 Å². The molecule has 3 amide bonds. The van der Waals surface area contributed by atoms with Gasteiger partial charge in [0, 0.05) is 49.1 Å². The topological polar surface area (TPSA) is 91.8 Å². The van der Waals surface area contributed by atoms with E-state index in [1.807, 2.05) is 0 Å². The van der Waals surface area contributed by atoms with Crippen molar-refractivity contribution in [3.05, 3.63) is 66.8 Å². The zero-order valence-corrected chi connectivity index (χ0v) is 27.4. The Labute approximate surface area is 278 Å². The van der Waals surface area contributed by atoms with Crippen LogP contribution in [0.25, 0.3) is 0 Å². The van der Waals surface area contributed by atoms with E-state index in [2.05, 4.69) is 10.3 Å². The molecule has 0 bridgehead atoms. The molecule has 1 unspecified atom stereocenters. The number of likely N-dealkylation sites (tertiary alicyclic amines) is 1. The minimum absolute atomic E-state index is 0.00850. The Kier molecular flexibility index (Phi) is 9.86. The second-order valence-corrected chi connectivity index (χ2v) is 13.8. The number of nitrogens with zero attached hydrogens (tertiary/aromatic N) is 3. The Morgan fingerprint density at radius 1 is 1.13 bits per heavy atom. The Morgan fingerprint density at radius 3 is 2.51 bits per heavy atom. The van der Waals surface area contributed by atoms with Crippen LogP contribution in [0, 0.1) is 0 Å². The van der Waals surface area contributed by atoms with Crippen LogP contribution in [0.5, 0.6) is 5.75 Å². The number of rotatable bonds is 7. The van der Waals surface area contributed by atoms with Gasteiger partial charge in [0.05, 0.1) is 15.9 Å². The predicted octanol–water partition coefficient (Wildman–Crippen LogP) is 6.99. The summed E-state index contributed by atoms with van der Waals surface area (Å²) in [5, 5.41) is 3.63. The lowest BCUT2D eigenvalue weighted by Gasteiger charge is -2.51. The summed E-state index contributed by atoms with van der Waals surface area (Å²) in [6, 6.07) is 1.66. The number of hydrogen-bond acceptors (Lipinski definition) is 7. The number of carbonyl (C=O) groups is 3. The number of pyridine rings is 1. The van der Waals surface area contributed by atoms with Gasteiger partial charge in [0.25, 0.3) is 11.8 Å². The molecule has 1 saturated heterocycles. The predicted molar refractivity (Wildman–Crippen MR) is 162 cm³/mol. The number of ether oxygens (including phenoxy) is 1. The van der Waals surface area contributed by atoms with Gasteiger partial charge in [-0.2, -0.15) is 26.3 Å². The molecule has 3 aromatic heterocycles. The van der Waals surface area contributed by atoms with Crippen LogP contribution in [0.3, 0.4) is 0 Å². The molecule has 2 aliphatic rings. The van der Waals surface area contributed by atoms with Gasteiger partial charge in [0.15, 0.2) is 0 Å². The maximum absolute atomic E-state index is 15.0. The summed E-state index contributed by atoms with van der Waals surface area (Å²) in [6.07, 6.45) is -7.96. The van der Waals surface area contributed by atoms with E-state index in [0.29, 0.717) is 34.1 Å². The van der Waals surface area contributed by atoms with E-state index in [1.54, 1.807) is 13.0 Å². The zero-order chi connectivity index (χ0) is 34.3. The van der Waals surface area contributed by atoms with Crippen molar-refractivity contribution >= 4 is 52.0 Å². The molecule has 1 fully saturated rings. The number of alkyl halides is 6. The molecule has 2 aliphatic heterocycles. The van der Waals surface area contributed by atoms with Crippen molar-refractivity contribution in [2.24, 2.45) is 0 Å². The number of likely N-dealkylation sites (N-methyl/N-ethyl adjacent to an activating group) is 1. The van der Waals surface area contributed by atoms with Crippen LogP contribution >= 0.6 is 34.3 Å². The van der Waals surface area contributed by atoms with Crippen LogP contribution in [0.4, 0.5) is 26.3 Å². The van der Waals surface area contributed by atoms with Crippen molar-refractivity contribution in [2.75, 3.05) is 20.1 Å². The molecule has 0 aliphatic carbocycles. The van der Waals surface area contributed by atoms with Crippen molar-refractivity contribution in [3.8, 4) is 5.75 Å². The van der Waals surface area contributed by atoms with Crippen LogP contribution in [0.2, 0.25) is 4.34 Å². The third kappa shape index (κ3) is 6.68. The van der Waals surface area contributed by atoms with Crippen molar-refractivity contribution in [3.63, 3.8) is 0 Å². The summed E-state index contributed by atoms with van der Waals surface area (Å²) in [7, 11) is 1.38. The van der Waals surface area contributed by atoms with Gasteiger partial charge in [-0.25, -0.2) is 0 Å². The molecule has 1 N–H and O–H groups in total. The van der Waals surface area contributed by atoms with E-state index in [1.165, 1.54) is 23.3 Å². The maximum atomic E-state index is 15.0. The highest BCUT2D eigenvalue weighted by molar-refractivity contribution is 7.16. The minimum Gasteiger partial charge on any atom is -0.474 e. The molecule has 47 heavy (non-hydrogen) atoms. The van der Waals surface area contributed by atoms with Crippen molar-refractivity contribution in [1.29, 1.82) is 0 Å². The average Bonchev–Trinajstić information content (AvgIpc) is 3.66. The number of nitrogens with one attached hydrogen (secondary N) is 1. The molecule has 5 heterocycles. The number of piperidine rings is 1. The van der Waals surface area contributed by atoms with Gasteiger partial charge in [-0.15, -0.1) is 22.7 Å². The molecular weight excluding hydrogens is 694 g/mol.